The SMILES string of the molecule is CCNC1c2ccccc2OCC1SC1CCCCC1. The second kappa shape index (κ2) is 6.86. The minimum atomic E-state index is 0.442. The summed E-state index contributed by atoms with van der Waals surface area (Å²) in [4.78, 5) is 0. The molecule has 1 fully saturated rings. The first kappa shape index (κ1) is 14.3. The summed E-state index contributed by atoms with van der Waals surface area (Å²) in [7, 11) is 0. The molecular weight excluding hydrogens is 266 g/mol. The first-order valence-corrected chi connectivity index (χ1v) is 8.93. The molecule has 1 saturated carbocycles. The predicted octanol–water partition coefficient (Wildman–Crippen LogP) is 4.16. The van der Waals surface area contributed by atoms with Crippen LogP contribution in [0.4, 0.5) is 0 Å². The summed E-state index contributed by atoms with van der Waals surface area (Å²) >= 11 is 2.17. The molecule has 1 aliphatic carbocycles. The molecular formula is C17H25NOS. The standard InChI is InChI=1S/C17H25NOS/c1-2-18-17-14-10-6-7-11-15(14)19-12-16(17)20-13-8-4-3-5-9-13/h6-7,10-11,13,16-18H,2-5,8-9,12H2,1H3. The lowest BCUT2D eigenvalue weighted by Crippen LogP contribution is -2.38. The van der Waals surface area contributed by atoms with Crippen LogP contribution in [0.2, 0.25) is 0 Å². The number of fused-ring (bicyclic) bond motifs is 1. The summed E-state index contributed by atoms with van der Waals surface area (Å²) < 4.78 is 5.99. The number of ether oxygens (including phenoxy) is 1. The number of hydrogen-bond donors (Lipinski definition) is 1. The largest absolute Gasteiger partial charge is 0.492 e. The van der Waals surface area contributed by atoms with Crippen molar-refractivity contribution in [1.82, 2.24) is 5.32 Å². The third-order valence-electron chi connectivity index (χ3n) is 4.37. The van der Waals surface area contributed by atoms with Gasteiger partial charge < -0.3 is 10.1 Å². The summed E-state index contributed by atoms with van der Waals surface area (Å²) in [6, 6.07) is 8.95. The van der Waals surface area contributed by atoms with Crippen molar-refractivity contribution in [2.75, 3.05) is 13.2 Å². The van der Waals surface area contributed by atoms with E-state index in [4.69, 9.17) is 4.74 Å². The Bertz CT molecular complexity index is 431. The molecule has 0 saturated heterocycles. The molecule has 110 valence electrons. The molecule has 3 rings (SSSR count). The van der Waals surface area contributed by atoms with Gasteiger partial charge in [-0.15, -0.1) is 11.8 Å². The third-order valence-corrected chi connectivity index (χ3v) is 5.99. The molecule has 2 nitrogen and oxygen atoms in total. The lowest BCUT2D eigenvalue weighted by Gasteiger charge is -2.36. The molecule has 2 aliphatic rings. The second-order valence-corrected chi connectivity index (χ2v) is 7.36. The lowest BCUT2D eigenvalue weighted by molar-refractivity contribution is 0.261. The fraction of sp³-hybridized carbons (Fsp3) is 0.647. The minimum Gasteiger partial charge on any atom is -0.492 e. The van der Waals surface area contributed by atoms with Crippen LogP contribution in [-0.2, 0) is 0 Å². The van der Waals surface area contributed by atoms with Crippen molar-refractivity contribution < 1.29 is 4.74 Å². The van der Waals surface area contributed by atoms with Gasteiger partial charge in [-0.25, -0.2) is 0 Å². The van der Waals surface area contributed by atoms with Crippen LogP contribution < -0.4 is 10.1 Å². The van der Waals surface area contributed by atoms with E-state index in [9.17, 15) is 0 Å². The van der Waals surface area contributed by atoms with Gasteiger partial charge in [-0.05, 0) is 25.5 Å². The molecule has 0 amide bonds. The van der Waals surface area contributed by atoms with Crippen molar-refractivity contribution in [2.24, 2.45) is 0 Å². The van der Waals surface area contributed by atoms with Crippen molar-refractivity contribution in [3.8, 4) is 5.75 Å². The van der Waals surface area contributed by atoms with Gasteiger partial charge in [0.2, 0.25) is 0 Å². The van der Waals surface area contributed by atoms with Crippen molar-refractivity contribution in [1.29, 1.82) is 0 Å². The van der Waals surface area contributed by atoms with E-state index < -0.39 is 0 Å². The molecule has 3 heteroatoms. The van der Waals surface area contributed by atoms with Crippen molar-refractivity contribution in [2.45, 2.75) is 55.6 Å². The highest BCUT2D eigenvalue weighted by atomic mass is 32.2. The highest BCUT2D eigenvalue weighted by molar-refractivity contribution is 8.00. The molecule has 1 N–H and O–H groups in total. The molecule has 1 aromatic rings. The zero-order valence-corrected chi connectivity index (χ0v) is 13.1. The summed E-state index contributed by atoms with van der Waals surface area (Å²) in [5, 5.41) is 5.07. The van der Waals surface area contributed by atoms with Crippen LogP contribution >= 0.6 is 11.8 Å². The Morgan fingerprint density at radius 2 is 2.00 bits per heavy atom. The molecule has 0 spiro atoms. The van der Waals surface area contributed by atoms with Crippen molar-refractivity contribution >= 4 is 11.8 Å². The van der Waals surface area contributed by atoms with Crippen LogP contribution in [0.3, 0.4) is 0 Å². The summed E-state index contributed by atoms with van der Waals surface area (Å²) in [6.45, 7) is 4.05. The number of benzene rings is 1. The van der Waals surface area contributed by atoms with Crippen LogP contribution in [-0.4, -0.2) is 23.7 Å². The maximum absolute atomic E-state index is 5.99. The fourth-order valence-corrected chi connectivity index (χ4v) is 5.01. The average Bonchev–Trinajstić information content (AvgIpc) is 2.51. The normalized spacial score (nSPS) is 26.9. The van der Waals surface area contributed by atoms with Gasteiger partial charge >= 0.3 is 0 Å². The van der Waals surface area contributed by atoms with Crippen LogP contribution in [0.1, 0.15) is 50.6 Å². The van der Waals surface area contributed by atoms with Gasteiger partial charge in [-0.2, -0.15) is 0 Å². The molecule has 1 aliphatic heterocycles. The van der Waals surface area contributed by atoms with E-state index >= 15 is 0 Å². The Morgan fingerprint density at radius 1 is 1.20 bits per heavy atom. The van der Waals surface area contributed by atoms with E-state index in [0.717, 1.165) is 24.2 Å². The third kappa shape index (κ3) is 3.15. The zero-order valence-electron chi connectivity index (χ0n) is 12.3. The van der Waals surface area contributed by atoms with Gasteiger partial charge in [0, 0.05) is 10.8 Å². The van der Waals surface area contributed by atoms with Gasteiger partial charge in [0.25, 0.3) is 0 Å². The monoisotopic (exact) mass is 291 g/mol. The Balaban J connectivity index is 1.73. The quantitative estimate of drug-likeness (QED) is 0.900. The zero-order chi connectivity index (χ0) is 13.8. The average molecular weight is 291 g/mol. The first-order valence-electron chi connectivity index (χ1n) is 7.99. The minimum absolute atomic E-state index is 0.442. The fourth-order valence-electron chi connectivity index (χ4n) is 3.36. The van der Waals surface area contributed by atoms with Gasteiger partial charge in [-0.1, -0.05) is 44.4 Å². The van der Waals surface area contributed by atoms with Crippen LogP contribution in [0.25, 0.3) is 0 Å². The predicted molar refractivity (Wildman–Crippen MR) is 86.6 cm³/mol. The first-order chi connectivity index (χ1) is 9.88. The highest BCUT2D eigenvalue weighted by Gasteiger charge is 2.32. The summed E-state index contributed by atoms with van der Waals surface area (Å²) in [5.41, 5.74) is 1.34. The summed E-state index contributed by atoms with van der Waals surface area (Å²) in [6.07, 6.45) is 7.03. The van der Waals surface area contributed by atoms with Gasteiger partial charge in [0.1, 0.15) is 12.4 Å². The van der Waals surface area contributed by atoms with Crippen molar-refractivity contribution in [3.05, 3.63) is 29.8 Å². The topological polar surface area (TPSA) is 21.3 Å². The molecule has 1 aromatic carbocycles. The maximum atomic E-state index is 5.99. The smallest absolute Gasteiger partial charge is 0.124 e. The Labute approximate surface area is 126 Å². The Morgan fingerprint density at radius 3 is 2.80 bits per heavy atom. The second-order valence-electron chi connectivity index (χ2n) is 5.82. The maximum Gasteiger partial charge on any atom is 0.124 e. The molecule has 0 aromatic heterocycles. The molecule has 0 radical (unpaired) electrons. The highest BCUT2D eigenvalue weighted by Crippen LogP contribution is 2.41. The van der Waals surface area contributed by atoms with Gasteiger partial charge in [0.05, 0.1) is 11.3 Å². The molecule has 2 atom stereocenters. The van der Waals surface area contributed by atoms with E-state index in [0.29, 0.717) is 11.3 Å². The number of para-hydroxylation sites is 1. The number of nitrogens with one attached hydrogen (secondary N) is 1. The van der Waals surface area contributed by atoms with Crippen molar-refractivity contribution in [3.63, 3.8) is 0 Å². The van der Waals surface area contributed by atoms with Gasteiger partial charge in [0.15, 0.2) is 0 Å². The van der Waals surface area contributed by atoms with E-state index in [1.165, 1.54) is 37.7 Å². The number of rotatable bonds is 4. The molecule has 1 heterocycles. The van der Waals surface area contributed by atoms with Gasteiger partial charge in [-0.3, -0.25) is 0 Å². The molecule has 0 bridgehead atoms. The number of hydrogen-bond acceptors (Lipinski definition) is 3. The van der Waals surface area contributed by atoms with E-state index in [2.05, 4.69) is 48.3 Å². The van der Waals surface area contributed by atoms with Crippen LogP contribution in [0.5, 0.6) is 5.75 Å². The molecule has 20 heavy (non-hydrogen) atoms. The van der Waals surface area contributed by atoms with E-state index in [-0.39, 0.29) is 0 Å². The Hall–Kier alpha value is -0.670. The van der Waals surface area contributed by atoms with Crippen LogP contribution in [0, 0.1) is 0 Å². The molecule has 2 unspecified atom stereocenters. The van der Waals surface area contributed by atoms with Crippen LogP contribution in [0.15, 0.2) is 24.3 Å². The van der Waals surface area contributed by atoms with E-state index in [1.807, 2.05) is 0 Å². The Kier molecular flexibility index (Phi) is 4.90. The number of thioether (sulfide) groups is 1. The summed E-state index contributed by atoms with van der Waals surface area (Å²) in [5.74, 6) is 1.07. The lowest BCUT2D eigenvalue weighted by atomic mass is 10.00. The van der Waals surface area contributed by atoms with E-state index in [1.54, 1.807) is 0 Å².